The number of aromatic nitrogens is 3. The fraction of sp³-hybridized carbons (Fsp3) is 0.190. The lowest BCUT2D eigenvalue weighted by Crippen LogP contribution is -2.26. The largest absolute Gasteiger partial charge is 0.334 e. The van der Waals surface area contributed by atoms with Crippen LogP contribution in [0.25, 0.3) is 0 Å². The minimum Gasteiger partial charge on any atom is -0.334 e. The van der Waals surface area contributed by atoms with Gasteiger partial charge in [-0.15, -0.1) is 16.8 Å². The molecular weight excluding hydrogens is 436 g/mol. The molecule has 0 radical (unpaired) electrons. The molecule has 3 rings (SSSR count). The first kappa shape index (κ1) is 20.4. The Hall–Kier alpha value is -2.38. The highest BCUT2D eigenvalue weighted by Crippen LogP contribution is 2.22. The Balaban J connectivity index is 1.81. The molecule has 0 atom stereocenters. The fourth-order valence-electron chi connectivity index (χ4n) is 2.57. The topological polar surface area (TPSA) is 59.8 Å². The van der Waals surface area contributed by atoms with Crippen LogP contribution in [0.3, 0.4) is 0 Å². The van der Waals surface area contributed by atoms with Crippen molar-refractivity contribution in [3.63, 3.8) is 0 Å². The van der Waals surface area contributed by atoms with Gasteiger partial charge in [-0.1, -0.05) is 65.0 Å². The van der Waals surface area contributed by atoms with Crippen LogP contribution in [0.2, 0.25) is 0 Å². The standard InChI is InChI=1S/C21H21BrN4OS/c1-3-13-26-20(27)19(23-18-11-7-15(4-2)8-12-18)24-25-21(26)28-14-16-5-9-17(22)10-6-16/h3,5-12H,1,4,13-14H2,2H3,(H,23,24). The van der Waals surface area contributed by atoms with Gasteiger partial charge in [0.15, 0.2) is 5.16 Å². The average Bonchev–Trinajstić information content (AvgIpc) is 2.72. The van der Waals surface area contributed by atoms with Crippen molar-refractivity contribution in [2.24, 2.45) is 0 Å². The van der Waals surface area contributed by atoms with E-state index in [0.717, 1.165) is 22.1 Å². The molecule has 3 aromatic rings. The predicted octanol–water partition coefficient (Wildman–Crippen LogP) is 5.19. The summed E-state index contributed by atoms with van der Waals surface area (Å²) < 4.78 is 2.62. The van der Waals surface area contributed by atoms with E-state index in [2.05, 4.69) is 44.9 Å². The Morgan fingerprint density at radius 1 is 1.11 bits per heavy atom. The number of nitrogens with one attached hydrogen (secondary N) is 1. The molecule has 2 aromatic carbocycles. The lowest BCUT2D eigenvalue weighted by atomic mass is 10.1. The van der Waals surface area contributed by atoms with Gasteiger partial charge in [0.1, 0.15) is 0 Å². The van der Waals surface area contributed by atoms with E-state index in [1.807, 2.05) is 48.5 Å². The molecule has 0 bridgehead atoms. The second-order valence-corrected chi connectivity index (χ2v) is 7.98. The van der Waals surface area contributed by atoms with E-state index in [9.17, 15) is 4.79 Å². The molecule has 1 aromatic heterocycles. The maximum Gasteiger partial charge on any atom is 0.297 e. The molecule has 28 heavy (non-hydrogen) atoms. The number of benzene rings is 2. The maximum atomic E-state index is 12.9. The number of thioether (sulfide) groups is 1. The lowest BCUT2D eigenvalue weighted by Gasteiger charge is -2.12. The van der Waals surface area contributed by atoms with Crippen LogP contribution in [-0.4, -0.2) is 14.8 Å². The van der Waals surface area contributed by atoms with E-state index < -0.39 is 0 Å². The summed E-state index contributed by atoms with van der Waals surface area (Å²) in [5, 5.41) is 12.0. The summed E-state index contributed by atoms with van der Waals surface area (Å²) >= 11 is 4.91. The molecule has 0 aliphatic rings. The Labute approximate surface area is 177 Å². The quantitative estimate of drug-likeness (QED) is 0.373. The van der Waals surface area contributed by atoms with Gasteiger partial charge < -0.3 is 5.32 Å². The average molecular weight is 457 g/mol. The van der Waals surface area contributed by atoms with E-state index in [4.69, 9.17) is 0 Å². The maximum absolute atomic E-state index is 12.9. The first-order valence-electron chi connectivity index (χ1n) is 8.92. The first-order chi connectivity index (χ1) is 13.6. The van der Waals surface area contributed by atoms with Crippen LogP contribution in [0.1, 0.15) is 18.1 Å². The SMILES string of the molecule is C=CCn1c(SCc2ccc(Br)cc2)nnc(Nc2ccc(CC)cc2)c1=O. The summed E-state index contributed by atoms with van der Waals surface area (Å²) in [5.74, 6) is 0.906. The molecular formula is C21H21BrN4OS. The lowest BCUT2D eigenvalue weighted by molar-refractivity contribution is 0.626. The van der Waals surface area contributed by atoms with Crippen LogP contribution in [0.4, 0.5) is 11.5 Å². The summed E-state index contributed by atoms with van der Waals surface area (Å²) in [7, 11) is 0. The monoisotopic (exact) mass is 456 g/mol. The van der Waals surface area contributed by atoms with Gasteiger partial charge in [0, 0.05) is 22.5 Å². The summed E-state index contributed by atoms with van der Waals surface area (Å²) in [6.07, 6.45) is 2.66. The van der Waals surface area contributed by atoms with Gasteiger partial charge in [0.2, 0.25) is 5.82 Å². The summed E-state index contributed by atoms with van der Waals surface area (Å²) in [5.41, 5.74) is 2.98. The van der Waals surface area contributed by atoms with Crippen LogP contribution >= 0.6 is 27.7 Å². The normalized spacial score (nSPS) is 10.6. The van der Waals surface area contributed by atoms with Crippen molar-refractivity contribution in [3.8, 4) is 0 Å². The van der Waals surface area contributed by atoms with Gasteiger partial charge in [0.25, 0.3) is 5.56 Å². The Morgan fingerprint density at radius 3 is 2.43 bits per heavy atom. The molecule has 0 unspecified atom stereocenters. The van der Waals surface area contributed by atoms with Crippen LogP contribution in [-0.2, 0) is 18.7 Å². The van der Waals surface area contributed by atoms with Crippen molar-refractivity contribution in [3.05, 3.63) is 87.1 Å². The van der Waals surface area contributed by atoms with E-state index in [1.165, 1.54) is 17.3 Å². The Bertz CT molecular complexity index is 1000. The zero-order valence-corrected chi connectivity index (χ0v) is 18.0. The van der Waals surface area contributed by atoms with Gasteiger partial charge in [-0.05, 0) is 41.8 Å². The molecule has 0 aliphatic heterocycles. The number of nitrogens with zero attached hydrogens (tertiary/aromatic N) is 3. The molecule has 7 heteroatoms. The van der Waals surface area contributed by atoms with Crippen molar-refractivity contribution >= 4 is 39.2 Å². The molecule has 0 saturated carbocycles. The molecule has 5 nitrogen and oxygen atoms in total. The van der Waals surface area contributed by atoms with Crippen molar-refractivity contribution in [2.45, 2.75) is 30.8 Å². The van der Waals surface area contributed by atoms with E-state index >= 15 is 0 Å². The highest BCUT2D eigenvalue weighted by Gasteiger charge is 2.12. The zero-order chi connectivity index (χ0) is 19.9. The first-order valence-corrected chi connectivity index (χ1v) is 10.7. The Kier molecular flexibility index (Phi) is 7.06. The second kappa shape index (κ2) is 9.71. The van der Waals surface area contributed by atoms with Gasteiger partial charge >= 0.3 is 0 Å². The second-order valence-electron chi connectivity index (χ2n) is 6.13. The number of allylic oxidation sites excluding steroid dienone is 1. The molecule has 0 aliphatic carbocycles. The van der Waals surface area contributed by atoms with Crippen molar-refractivity contribution in [2.75, 3.05) is 5.32 Å². The van der Waals surface area contributed by atoms with Crippen LogP contribution in [0.5, 0.6) is 0 Å². The third-order valence-corrected chi connectivity index (χ3v) is 5.70. The Morgan fingerprint density at radius 2 is 1.79 bits per heavy atom. The predicted molar refractivity (Wildman–Crippen MR) is 119 cm³/mol. The fourth-order valence-corrected chi connectivity index (χ4v) is 3.73. The third-order valence-electron chi connectivity index (χ3n) is 4.13. The number of hydrogen-bond acceptors (Lipinski definition) is 5. The van der Waals surface area contributed by atoms with Crippen molar-refractivity contribution < 1.29 is 0 Å². The highest BCUT2D eigenvalue weighted by atomic mass is 79.9. The molecule has 0 spiro atoms. The highest BCUT2D eigenvalue weighted by molar-refractivity contribution is 9.10. The molecule has 1 N–H and O–H groups in total. The number of rotatable bonds is 8. The molecule has 0 saturated heterocycles. The van der Waals surface area contributed by atoms with E-state index in [0.29, 0.717) is 17.5 Å². The van der Waals surface area contributed by atoms with Crippen molar-refractivity contribution in [1.29, 1.82) is 0 Å². The van der Waals surface area contributed by atoms with Crippen LogP contribution in [0.15, 0.2) is 75.6 Å². The molecule has 0 fully saturated rings. The zero-order valence-electron chi connectivity index (χ0n) is 15.6. The summed E-state index contributed by atoms with van der Waals surface area (Å²) in [6, 6.07) is 16.0. The van der Waals surface area contributed by atoms with Crippen molar-refractivity contribution in [1.82, 2.24) is 14.8 Å². The smallest absolute Gasteiger partial charge is 0.297 e. The molecule has 1 heterocycles. The van der Waals surface area contributed by atoms with Gasteiger partial charge in [-0.3, -0.25) is 9.36 Å². The number of hydrogen-bond donors (Lipinski definition) is 1. The van der Waals surface area contributed by atoms with Gasteiger partial charge in [-0.2, -0.15) is 0 Å². The summed E-state index contributed by atoms with van der Waals surface area (Å²) in [4.78, 5) is 12.9. The minimum absolute atomic E-state index is 0.207. The number of anilines is 2. The molecule has 144 valence electrons. The van der Waals surface area contributed by atoms with Crippen LogP contribution in [0, 0.1) is 0 Å². The van der Waals surface area contributed by atoms with Gasteiger partial charge in [-0.25, -0.2) is 0 Å². The van der Waals surface area contributed by atoms with E-state index in [1.54, 1.807) is 10.6 Å². The minimum atomic E-state index is -0.215. The van der Waals surface area contributed by atoms with Gasteiger partial charge in [0.05, 0.1) is 0 Å². The number of halogens is 1. The number of aryl methyl sites for hydroxylation is 1. The third kappa shape index (κ3) is 5.11. The van der Waals surface area contributed by atoms with Crippen LogP contribution < -0.4 is 10.9 Å². The molecule has 0 amide bonds. The van der Waals surface area contributed by atoms with E-state index in [-0.39, 0.29) is 11.4 Å². The summed E-state index contributed by atoms with van der Waals surface area (Å²) in [6.45, 7) is 6.24.